The predicted octanol–water partition coefficient (Wildman–Crippen LogP) is 3.68. The zero-order chi connectivity index (χ0) is 13.8. The highest BCUT2D eigenvalue weighted by atomic mass is 35.5. The van der Waals surface area contributed by atoms with Crippen LogP contribution in [0.2, 0.25) is 5.02 Å². The van der Waals surface area contributed by atoms with Crippen LogP contribution in [0.4, 0.5) is 5.69 Å². The van der Waals surface area contributed by atoms with Gasteiger partial charge in [-0.1, -0.05) is 29.8 Å². The van der Waals surface area contributed by atoms with E-state index in [0.717, 1.165) is 11.1 Å². The van der Waals surface area contributed by atoms with Gasteiger partial charge in [0, 0.05) is 10.6 Å². The lowest BCUT2D eigenvalue weighted by molar-refractivity contribution is 0.308. The molecule has 0 saturated heterocycles. The Hall–Kier alpha value is -2.18. The third-order valence-corrected chi connectivity index (χ3v) is 3.20. The summed E-state index contributed by atoms with van der Waals surface area (Å²) in [5.41, 5.74) is 8.89. The number of ether oxygens (including phenoxy) is 1. The van der Waals surface area contributed by atoms with Crippen molar-refractivity contribution >= 4 is 17.3 Å². The smallest absolute Gasteiger partial charge is 0.142 e. The van der Waals surface area contributed by atoms with E-state index in [2.05, 4.69) is 0 Å². The Morgan fingerprint density at radius 3 is 2.79 bits per heavy atom. The summed E-state index contributed by atoms with van der Waals surface area (Å²) in [5.74, 6) is 0.639. The monoisotopic (exact) mass is 272 g/mol. The van der Waals surface area contributed by atoms with Gasteiger partial charge in [0.1, 0.15) is 12.4 Å². The van der Waals surface area contributed by atoms with Crippen LogP contribution in [0.5, 0.6) is 5.75 Å². The van der Waals surface area contributed by atoms with E-state index in [4.69, 9.17) is 27.3 Å². The van der Waals surface area contributed by atoms with Gasteiger partial charge in [0.15, 0.2) is 0 Å². The number of hydrogen-bond acceptors (Lipinski definition) is 3. The van der Waals surface area contributed by atoms with Crippen molar-refractivity contribution in [3.8, 4) is 11.8 Å². The average Bonchev–Trinajstić information content (AvgIpc) is 2.41. The van der Waals surface area contributed by atoms with Gasteiger partial charge in [-0.05, 0) is 30.7 Å². The molecule has 2 N–H and O–H groups in total. The lowest BCUT2D eigenvalue weighted by Gasteiger charge is -2.11. The third-order valence-electron chi connectivity index (χ3n) is 2.85. The fraction of sp³-hybridized carbons (Fsp3) is 0.133. The Kier molecular flexibility index (Phi) is 3.94. The number of nitrogens with zero attached hydrogens (tertiary/aromatic N) is 1. The van der Waals surface area contributed by atoms with E-state index in [-0.39, 0.29) is 0 Å². The van der Waals surface area contributed by atoms with E-state index in [1.807, 2.05) is 31.2 Å². The Labute approximate surface area is 117 Å². The summed E-state index contributed by atoms with van der Waals surface area (Å²) in [6.07, 6.45) is 0. The molecule has 0 radical (unpaired) electrons. The quantitative estimate of drug-likeness (QED) is 0.867. The molecule has 0 spiro atoms. The number of para-hydroxylation sites is 1. The van der Waals surface area contributed by atoms with Gasteiger partial charge < -0.3 is 10.5 Å². The van der Waals surface area contributed by atoms with Gasteiger partial charge in [-0.3, -0.25) is 0 Å². The first-order chi connectivity index (χ1) is 9.11. The number of anilines is 1. The minimum atomic E-state index is 0.318. The van der Waals surface area contributed by atoms with E-state index in [9.17, 15) is 0 Å². The molecule has 2 aromatic carbocycles. The highest BCUT2D eigenvalue weighted by Gasteiger charge is 2.06. The first kappa shape index (κ1) is 13.3. The van der Waals surface area contributed by atoms with Gasteiger partial charge in [0.2, 0.25) is 0 Å². The van der Waals surface area contributed by atoms with E-state index in [0.29, 0.717) is 28.6 Å². The van der Waals surface area contributed by atoms with Gasteiger partial charge in [-0.2, -0.15) is 5.26 Å². The number of nitrogens with two attached hydrogens (primary N) is 1. The number of rotatable bonds is 3. The van der Waals surface area contributed by atoms with Crippen LogP contribution in [-0.4, -0.2) is 0 Å². The Morgan fingerprint density at radius 1 is 1.32 bits per heavy atom. The maximum absolute atomic E-state index is 8.77. The molecule has 2 aromatic rings. The Balaban J connectivity index is 2.15. The zero-order valence-corrected chi connectivity index (χ0v) is 11.2. The fourth-order valence-electron chi connectivity index (χ4n) is 1.67. The number of aryl methyl sites for hydroxylation is 1. The molecule has 0 atom stereocenters. The molecular formula is C15H13ClN2O. The fourth-order valence-corrected chi connectivity index (χ4v) is 1.90. The first-order valence-electron chi connectivity index (χ1n) is 5.78. The van der Waals surface area contributed by atoms with E-state index < -0.39 is 0 Å². The molecule has 3 nitrogen and oxygen atoms in total. The van der Waals surface area contributed by atoms with E-state index >= 15 is 0 Å². The predicted molar refractivity (Wildman–Crippen MR) is 76.1 cm³/mol. The molecular weight excluding hydrogens is 260 g/mol. The summed E-state index contributed by atoms with van der Waals surface area (Å²) in [5, 5.41) is 9.29. The van der Waals surface area contributed by atoms with Crippen molar-refractivity contribution in [2.75, 3.05) is 5.73 Å². The summed E-state index contributed by atoms with van der Waals surface area (Å²) >= 11 is 6.08. The molecule has 0 amide bonds. The van der Waals surface area contributed by atoms with Crippen LogP contribution in [0.1, 0.15) is 16.7 Å². The zero-order valence-electron chi connectivity index (χ0n) is 10.5. The van der Waals surface area contributed by atoms with Crippen LogP contribution in [-0.2, 0) is 6.61 Å². The van der Waals surface area contributed by atoms with Crippen LogP contribution in [0, 0.1) is 18.3 Å². The molecule has 0 saturated carbocycles. The second-order valence-corrected chi connectivity index (χ2v) is 4.60. The molecule has 0 aliphatic heterocycles. The van der Waals surface area contributed by atoms with Crippen molar-refractivity contribution in [2.45, 2.75) is 13.5 Å². The van der Waals surface area contributed by atoms with Crippen molar-refractivity contribution in [3.05, 3.63) is 58.1 Å². The second-order valence-electron chi connectivity index (χ2n) is 4.19. The Morgan fingerprint density at radius 2 is 2.11 bits per heavy atom. The standard InChI is InChI=1S/C15H13ClN2O/c1-10-3-2-4-14(15(10)18)19-9-12-6-5-11(8-17)7-13(12)16/h2-7H,9,18H2,1H3. The molecule has 0 aliphatic carbocycles. The van der Waals surface area contributed by atoms with Gasteiger partial charge >= 0.3 is 0 Å². The van der Waals surface area contributed by atoms with Gasteiger partial charge in [0.25, 0.3) is 0 Å². The minimum Gasteiger partial charge on any atom is -0.487 e. The SMILES string of the molecule is Cc1cccc(OCc2ccc(C#N)cc2Cl)c1N. The number of halogens is 1. The largest absolute Gasteiger partial charge is 0.487 e. The minimum absolute atomic E-state index is 0.318. The lowest BCUT2D eigenvalue weighted by Crippen LogP contribution is -2.00. The van der Waals surface area contributed by atoms with Crippen LogP contribution < -0.4 is 10.5 Å². The summed E-state index contributed by atoms with van der Waals surface area (Å²) in [7, 11) is 0. The molecule has 4 heteroatoms. The molecule has 0 aliphatic rings. The lowest BCUT2D eigenvalue weighted by atomic mass is 10.1. The van der Waals surface area contributed by atoms with E-state index in [1.165, 1.54) is 0 Å². The van der Waals surface area contributed by atoms with Crippen molar-refractivity contribution in [2.24, 2.45) is 0 Å². The molecule has 0 heterocycles. The van der Waals surface area contributed by atoms with Gasteiger partial charge in [-0.25, -0.2) is 0 Å². The molecule has 96 valence electrons. The number of nitrogen functional groups attached to an aromatic ring is 1. The van der Waals surface area contributed by atoms with Gasteiger partial charge in [0.05, 0.1) is 17.3 Å². The van der Waals surface area contributed by atoms with Crippen LogP contribution in [0.3, 0.4) is 0 Å². The van der Waals surface area contributed by atoms with Crippen molar-refractivity contribution < 1.29 is 4.74 Å². The molecule has 0 bridgehead atoms. The number of hydrogen-bond donors (Lipinski definition) is 1. The van der Waals surface area contributed by atoms with E-state index in [1.54, 1.807) is 18.2 Å². The normalized spacial score (nSPS) is 9.95. The summed E-state index contributed by atoms with van der Waals surface area (Å²) < 4.78 is 5.67. The molecule has 19 heavy (non-hydrogen) atoms. The first-order valence-corrected chi connectivity index (χ1v) is 6.16. The van der Waals surface area contributed by atoms with Crippen molar-refractivity contribution in [1.82, 2.24) is 0 Å². The number of benzene rings is 2. The molecule has 0 fully saturated rings. The van der Waals surface area contributed by atoms with Crippen LogP contribution in [0.15, 0.2) is 36.4 Å². The van der Waals surface area contributed by atoms with Crippen molar-refractivity contribution in [3.63, 3.8) is 0 Å². The molecule has 0 aromatic heterocycles. The molecule has 0 unspecified atom stereocenters. The van der Waals surface area contributed by atoms with Gasteiger partial charge in [-0.15, -0.1) is 0 Å². The Bertz CT molecular complexity index is 647. The topological polar surface area (TPSA) is 59.0 Å². The summed E-state index contributed by atoms with van der Waals surface area (Å²) in [4.78, 5) is 0. The van der Waals surface area contributed by atoms with Crippen molar-refractivity contribution in [1.29, 1.82) is 5.26 Å². The maximum Gasteiger partial charge on any atom is 0.142 e. The molecule has 2 rings (SSSR count). The highest BCUT2D eigenvalue weighted by Crippen LogP contribution is 2.26. The van der Waals surface area contributed by atoms with Crippen LogP contribution in [0.25, 0.3) is 0 Å². The number of nitriles is 1. The third kappa shape index (κ3) is 2.98. The second kappa shape index (κ2) is 5.64. The summed E-state index contributed by atoms with van der Waals surface area (Å²) in [6.45, 7) is 2.25. The highest BCUT2D eigenvalue weighted by molar-refractivity contribution is 6.31. The average molecular weight is 273 g/mol. The maximum atomic E-state index is 8.77. The summed E-state index contributed by atoms with van der Waals surface area (Å²) in [6, 6.07) is 12.8. The van der Waals surface area contributed by atoms with Crippen LogP contribution >= 0.6 is 11.6 Å².